The van der Waals surface area contributed by atoms with Gasteiger partial charge in [-0.3, -0.25) is 47.1 Å². The van der Waals surface area contributed by atoms with Crippen LogP contribution in [0.3, 0.4) is 0 Å². The standard InChI is InChI=1S/C12H15NOS.C11H22N2O.C10H16N2O.C10H19NO.C10H18O.C9H17NO.C8H16ClNO.C8H15NO.C7H14ClNO/c1-12(2,3)8-13-11(14)9-6-4-5-7-10(9)15-13;1-11(2,3)9-12-10(14)7-6-8-13(4)5;1-9(2,3)7-12-8(13)10(6-11)4-5-10;1-6-9(12)11(5)8-7-10(2,3)4;1-5-9(11)7-6-8-10(2,3)4;1-5-6-8(11)10-7-9(2,3)4;1-6(9)7(11)10-5-8(2,3)4;1-5-7(10)9-6-8(2,3)4;1-7(2,3)5-9-6(10)4-8/h4-7H,8H2,1-3H3;6-7H,8-9H2,1-5H3,(H,12,14);4-5,7H2,1-3H3,(H,12,13);6H,1,7-8H2,2-5H3;5H,1,6-8H2,2-4H3;5-6H,7H2,1-4H3,(H,10,11);6H,5H2,1-4H3,(H,10,11);5H,1,6H2,2-4H3,(H,9,10);4-5H2,1-3H3,(H,9,10)/b;7-6+;;;;6-5+;;;/t;;;;;;6-;;/m......0../s1. The summed E-state index contributed by atoms with van der Waals surface area (Å²) in [5.41, 5.74) is 1.06. The Morgan fingerprint density at radius 2 is 0.991 bits per heavy atom. The molecular weight excluding hydrogens is 1410 g/mol. The Kier molecular flexibility index (Phi) is 56.5. The minimum absolute atomic E-state index is 0.000694. The molecule has 3 rings (SSSR count). The van der Waals surface area contributed by atoms with Gasteiger partial charge in [-0.15, -0.1) is 23.2 Å². The van der Waals surface area contributed by atoms with Gasteiger partial charge < -0.3 is 41.7 Å². The van der Waals surface area contributed by atoms with E-state index in [4.69, 9.17) is 28.5 Å². The summed E-state index contributed by atoms with van der Waals surface area (Å²) in [5, 5.41) is 25.8. The maximum atomic E-state index is 12.0. The van der Waals surface area contributed by atoms with Crippen molar-refractivity contribution in [1.29, 1.82) is 5.26 Å². The maximum absolute atomic E-state index is 12.0. The first-order chi connectivity index (χ1) is 48.2. The molecule has 6 N–H and O–H groups in total. The number of hydrogen-bond acceptors (Lipinski definition) is 12. The van der Waals surface area contributed by atoms with Crippen LogP contribution < -0.4 is 37.5 Å². The molecule has 7 amide bonds. The number of allylic oxidation sites excluding steroid dienone is 2. The molecule has 616 valence electrons. The molecule has 1 aliphatic rings. The zero-order valence-electron chi connectivity index (χ0n) is 73.0. The zero-order chi connectivity index (χ0) is 85.4. The Labute approximate surface area is 665 Å². The molecule has 22 heteroatoms. The summed E-state index contributed by atoms with van der Waals surface area (Å²) in [5.74, 6) is -0.202. The summed E-state index contributed by atoms with van der Waals surface area (Å²) in [6.07, 6.45) is 16.0. The number of aromatic nitrogens is 1. The number of nitrogens with zero attached hydrogens (tertiary/aromatic N) is 4. The summed E-state index contributed by atoms with van der Waals surface area (Å²) in [6, 6.07) is 9.86. The van der Waals surface area contributed by atoms with E-state index in [0.29, 0.717) is 44.6 Å². The number of alkyl halides is 2. The van der Waals surface area contributed by atoms with E-state index in [-0.39, 0.29) is 102 Å². The molecule has 1 heterocycles. The molecule has 2 aromatic rings. The van der Waals surface area contributed by atoms with Gasteiger partial charge in [0.15, 0.2) is 5.78 Å². The van der Waals surface area contributed by atoms with Crippen molar-refractivity contribution in [3.05, 3.63) is 96.9 Å². The first-order valence-electron chi connectivity index (χ1n) is 37.2. The first-order valence-corrected chi connectivity index (χ1v) is 38.9. The molecule has 1 atom stereocenters. The highest BCUT2D eigenvalue weighted by Gasteiger charge is 2.50. The van der Waals surface area contributed by atoms with E-state index in [1.807, 2.05) is 60.2 Å². The minimum atomic E-state index is -0.675. The van der Waals surface area contributed by atoms with Crippen molar-refractivity contribution < 1.29 is 38.4 Å². The van der Waals surface area contributed by atoms with Crippen LogP contribution in [0.1, 0.15) is 239 Å². The van der Waals surface area contributed by atoms with Crippen molar-refractivity contribution in [2.45, 2.75) is 251 Å². The van der Waals surface area contributed by atoms with Gasteiger partial charge in [-0.2, -0.15) is 5.26 Å². The summed E-state index contributed by atoms with van der Waals surface area (Å²) in [4.78, 5) is 103. The molecule has 107 heavy (non-hydrogen) atoms. The van der Waals surface area contributed by atoms with E-state index in [1.54, 1.807) is 42.6 Å². The molecule has 1 aromatic carbocycles. The smallest absolute Gasteiger partial charge is 0.268 e. The average molecular weight is 1560 g/mol. The van der Waals surface area contributed by atoms with E-state index in [0.717, 1.165) is 68.4 Å². The number of ketones is 1. The first kappa shape index (κ1) is 112. The molecule has 0 saturated heterocycles. The van der Waals surface area contributed by atoms with E-state index < -0.39 is 10.8 Å². The summed E-state index contributed by atoms with van der Waals surface area (Å²) in [7, 11) is 5.74. The second-order valence-electron chi connectivity index (χ2n) is 37.9. The van der Waals surface area contributed by atoms with Crippen molar-refractivity contribution in [1.82, 2.24) is 45.7 Å². The summed E-state index contributed by atoms with van der Waals surface area (Å²) in [6.45, 7) is 76.9. The minimum Gasteiger partial charge on any atom is -0.355 e. The molecule has 1 fully saturated rings. The van der Waals surface area contributed by atoms with Crippen LogP contribution in [0, 0.1) is 65.5 Å². The Hall–Kier alpha value is -6.40. The van der Waals surface area contributed by atoms with Gasteiger partial charge in [0.2, 0.25) is 41.4 Å². The highest BCUT2D eigenvalue weighted by molar-refractivity contribution is 7.13. The van der Waals surface area contributed by atoms with Crippen LogP contribution in [-0.2, 0) is 44.9 Å². The monoisotopic (exact) mass is 1560 g/mol. The second-order valence-corrected chi connectivity index (χ2v) is 39.8. The predicted molar refractivity (Wildman–Crippen MR) is 457 cm³/mol. The van der Waals surface area contributed by atoms with Crippen molar-refractivity contribution >= 4 is 92.0 Å². The molecule has 0 unspecified atom stereocenters. The number of halogens is 2. The molecule has 1 aromatic heterocycles. The lowest BCUT2D eigenvalue weighted by molar-refractivity contribution is -0.125. The summed E-state index contributed by atoms with van der Waals surface area (Å²) >= 11 is 12.4. The second kappa shape index (κ2) is 54.3. The third-order valence-electron chi connectivity index (χ3n) is 13.4. The maximum Gasteiger partial charge on any atom is 0.268 e. The molecule has 0 spiro atoms. The predicted octanol–water partition coefficient (Wildman–Crippen LogP) is 17.1. The van der Waals surface area contributed by atoms with Crippen LogP contribution in [0.15, 0.2) is 91.3 Å². The van der Waals surface area contributed by atoms with Crippen LogP contribution >= 0.6 is 34.7 Å². The number of carbonyl (C=O) groups is 8. The van der Waals surface area contributed by atoms with Crippen LogP contribution in [0.5, 0.6) is 0 Å². The zero-order valence-corrected chi connectivity index (χ0v) is 75.3. The van der Waals surface area contributed by atoms with Gasteiger partial charge in [-0.1, -0.05) is 242 Å². The Bertz CT molecular complexity index is 3110. The quantitative estimate of drug-likeness (QED) is 0.0477. The molecule has 0 radical (unpaired) electrons. The molecule has 0 bridgehead atoms. The highest BCUT2D eigenvalue weighted by atomic mass is 35.5. The molecule has 19 nitrogen and oxygen atoms in total. The van der Waals surface area contributed by atoms with E-state index in [1.165, 1.54) is 24.3 Å². The van der Waals surface area contributed by atoms with Gasteiger partial charge >= 0.3 is 0 Å². The Morgan fingerprint density at radius 1 is 0.579 bits per heavy atom. The average Bonchev–Trinajstić information content (AvgIpc) is 1.63. The van der Waals surface area contributed by atoms with Crippen LogP contribution in [0.2, 0.25) is 0 Å². The van der Waals surface area contributed by atoms with Crippen molar-refractivity contribution in [2.24, 2.45) is 54.1 Å². The fourth-order valence-electron chi connectivity index (χ4n) is 6.92. The number of likely N-dealkylation sites (N-methyl/N-ethyl adjacent to an activating group) is 2. The summed E-state index contributed by atoms with van der Waals surface area (Å²) < 4.78 is 2.93. The van der Waals surface area contributed by atoms with Crippen LogP contribution in [0.4, 0.5) is 0 Å². The number of carbonyl (C=O) groups excluding carboxylic acids is 8. The number of benzene rings is 1. The number of fused-ring (bicyclic) bond motifs is 1. The molecule has 0 aliphatic heterocycles. The van der Waals surface area contributed by atoms with E-state index >= 15 is 0 Å². The fraction of sp³-hybridized carbons (Fsp3) is 0.694. The SMILES string of the molecule is C/C=C/C(=O)NCC(C)(C)C.C=CC(=O)CCCC(C)(C)C.C=CC(=O)N(C)CCC(C)(C)C.C=CC(=O)NCC(C)(C)C.CC(C)(C)CNC(=O)C1(C#N)CC1.CC(C)(C)CNC(=O)CCl.CC(C)(C)Cn1sc2ccccc2c1=O.CN(C)C/C=C/C(=O)NCC(C)(C)C.C[C@H](Cl)C(=O)NCC(C)(C)C. The van der Waals surface area contributed by atoms with Crippen molar-refractivity contribution in [2.75, 3.05) is 79.4 Å². The number of nitriles is 1. The number of rotatable bonds is 22. The van der Waals surface area contributed by atoms with Crippen molar-refractivity contribution in [3.8, 4) is 6.07 Å². The van der Waals surface area contributed by atoms with Gasteiger partial charge in [-0.05, 0) is 145 Å². The number of nitrogens with one attached hydrogen (secondary N) is 6. The molecule has 1 aliphatic carbocycles. The third kappa shape index (κ3) is 79.0. The van der Waals surface area contributed by atoms with Gasteiger partial charge in [0, 0.05) is 78.4 Å². The third-order valence-corrected chi connectivity index (χ3v) is 14.9. The largest absolute Gasteiger partial charge is 0.355 e. The van der Waals surface area contributed by atoms with Gasteiger partial charge in [0.05, 0.1) is 16.2 Å². The Balaban J connectivity index is -0.000000269. The van der Waals surface area contributed by atoms with E-state index in [2.05, 4.69) is 245 Å². The molecule has 1 saturated carbocycles. The van der Waals surface area contributed by atoms with E-state index in [9.17, 15) is 43.2 Å². The lowest BCUT2D eigenvalue weighted by Gasteiger charge is -2.22. The topological polar surface area (TPSA) is 261 Å². The van der Waals surface area contributed by atoms with Gasteiger partial charge in [0.1, 0.15) is 16.7 Å². The number of hydrogen-bond donors (Lipinski definition) is 6. The van der Waals surface area contributed by atoms with Gasteiger partial charge in [-0.25, -0.2) is 0 Å². The highest BCUT2D eigenvalue weighted by Crippen LogP contribution is 2.45. The van der Waals surface area contributed by atoms with Gasteiger partial charge in [0.25, 0.3) is 5.56 Å². The lowest BCUT2D eigenvalue weighted by Crippen LogP contribution is -2.37. The normalized spacial score (nSPS) is 12.8. The van der Waals surface area contributed by atoms with Crippen molar-refractivity contribution in [3.63, 3.8) is 0 Å². The van der Waals surface area contributed by atoms with Crippen LogP contribution in [0.25, 0.3) is 10.1 Å². The number of amides is 7. The Morgan fingerprint density at radius 3 is 1.34 bits per heavy atom. The fourth-order valence-corrected chi connectivity index (χ4v) is 8.35. The molecular formula is C85H152Cl2N10O9S. The van der Waals surface area contributed by atoms with Crippen LogP contribution in [-0.4, -0.2) is 146 Å². The lowest BCUT2D eigenvalue weighted by atomic mass is 9.89.